The third-order valence-corrected chi connectivity index (χ3v) is 3.54. The minimum atomic E-state index is -0.526. The van der Waals surface area contributed by atoms with E-state index in [1.807, 2.05) is 19.1 Å². The number of Topliss-reactive ketones (excluding diaryl/α,β-unsaturated/α-hetero) is 1. The molecule has 1 saturated carbocycles. The van der Waals surface area contributed by atoms with E-state index in [1.54, 1.807) is 12.1 Å². The van der Waals surface area contributed by atoms with Crippen LogP contribution in [0.15, 0.2) is 24.3 Å². The highest BCUT2D eigenvalue weighted by Crippen LogP contribution is 2.28. The lowest BCUT2D eigenvalue weighted by molar-refractivity contribution is -0.126. The molecule has 3 nitrogen and oxygen atoms in total. The van der Waals surface area contributed by atoms with Crippen LogP contribution in [-0.2, 0) is 4.79 Å². The number of ketones is 1. The first-order valence-corrected chi connectivity index (χ1v) is 6.54. The van der Waals surface area contributed by atoms with E-state index in [1.165, 1.54) is 0 Å². The van der Waals surface area contributed by atoms with Crippen molar-refractivity contribution in [3.63, 3.8) is 0 Å². The quantitative estimate of drug-likeness (QED) is 0.917. The van der Waals surface area contributed by atoms with E-state index in [4.69, 9.17) is 16.3 Å². The number of carbonyl (C=O) groups is 1. The van der Waals surface area contributed by atoms with Gasteiger partial charge in [0, 0.05) is 23.8 Å². The van der Waals surface area contributed by atoms with E-state index in [2.05, 4.69) is 0 Å². The summed E-state index contributed by atoms with van der Waals surface area (Å²) in [6, 6.07) is 7.20. The highest BCUT2D eigenvalue weighted by Gasteiger charge is 2.30. The Morgan fingerprint density at radius 1 is 1.44 bits per heavy atom. The third kappa shape index (κ3) is 3.47. The van der Waals surface area contributed by atoms with Gasteiger partial charge in [-0.2, -0.15) is 0 Å². The fourth-order valence-corrected chi connectivity index (χ4v) is 2.54. The summed E-state index contributed by atoms with van der Waals surface area (Å²) in [6.45, 7) is 1.93. The Morgan fingerprint density at radius 2 is 2.22 bits per heavy atom. The van der Waals surface area contributed by atoms with Gasteiger partial charge < -0.3 is 9.84 Å². The Labute approximate surface area is 112 Å². The molecule has 1 N–H and O–H groups in total. The fourth-order valence-electron chi connectivity index (χ4n) is 2.36. The van der Waals surface area contributed by atoms with E-state index in [0.717, 1.165) is 0 Å². The molecule has 18 heavy (non-hydrogen) atoms. The van der Waals surface area contributed by atoms with Crippen LogP contribution in [0.3, 0.4) is 0 Å². The number of hydrogen-bond donors (Lipinski definition) is 1. The molecule has 0 aliphatic heterocycles. The molecule has 1 aliphatic rings. The molecule has 0 bridgehead atoms. The van der Waals surface area contributed by atoms with Gasteiger partial charge in [0.15, 0.2) is 0 Å². The van der Waals surface area contributed by atoms with Gasteiger partial charge in [-0.05, 0) is 31.5 Å². The van der Waals surface area contributed by atoms with Crippen molar-refractivity contribution in [1.29, 1.82) is 0 Å². The SMILES string of the molecule is CC(Oc1cccc(Cl)c1)C1CC(=O)CC(O)C1. The highest BCUT2D eigenvalue weighted by molar-refractivity contribution is 6.30. The van der Waals surface area contributed by atoms with Gasteiger partial charge in [0.1, 0.15) is 11.5 Å². The van der Waals surface area contributed by atoms with Crippen LogP contribution in [0, 0.1) is 5.92 Å². The lowest BCUT2D eigenvalue weighted by atomic mass is 9.83. The molecule has 0 aromatic heterocycles. The lowest BCUT2D eigenvalue weighted by Gasteiger charge is -2.30. The van der Waals surface area contributed by atoms with E-state index >= 15 is 0 Å². The Kier molecular flexibility index (Phi) is 4.25. The zero-order valence-electron chi connectivity index (χ0n) is 10.3. The van der Waals surface area contributed by atoms with E-state index in [0.29, 0.717) is 23.6 Å². The summed E-state index contributed by atoms with van der Waals surface area (Å²) in [6.07, 6.45) is 0.746. The lowest BCUT2D eigenvalue weighted by Crippen LogP contribution is -2.34. The molecule has 1 fully saturated rings. The maximum atomic E-state index is 11.5. The predicted molar refractivity (Wildman–Crippen MR) is 69.9 cm³/mol. The first kappa shape index (κ1) is 13.4. The molecular weight excluding hydrogens is 252 g/mol. The zero-order chi connectivity index (χ0) is 13.1. The van der Waals surface area contributed by atoms with Crippen LogP contribution in [-0.4, -0.2) is 23.1 Å². The maximum Gasteiger partial charge on any atom is 0.135 e. The van der Waals surface area contributed by atoms with Crippen molar-refractivity contribution in [3.05, 3.63) is 29.3 Å². The molecule has 3 unspecified atom stereocenters. The molecule has 0 radical (unpaired) electrons. The molecule has 1 aliphatic carbocycles. The maximum absolute atomic E-state index is 11.5. The molecule has 4 heteroatoms. The van der Waals surface area contributed by atoms with Crippen molar-refractivity contribution >= 4 is 17.4 Å². The third-order valence-electron chi connectivity index (χ3n) is 3.31. The van der Waals surface area contributed by atoms with Crippen molar-refractivity contribution < 1.29 is 14.6 Å². The number of hydrogen-bond acceptors (Lipinski definition) is 3. The molecular formula is C14H17ClO3. The van der Waals surface area contributed by atoms with Gasteiger partial charge in [0.2, 0.25) is 0 Å². The average Bonchev–Trinajstić information content (AvgIpc) is 2.27. The zero-order valence-corrected chi connectivity index (χ0v) is 11.1. The topological polar surface area (TPSA) is 46.5 Å². The molecule has 98 valence electrons. The van der Waals surface area contributed by atoms with E-state index in [-0.39, 0.29) is 24.2 Å². The fraction of sp³-hybridized carbons (Fsp3) is 0.500. The van der Waals surface area contributed by atoms with E-state index in [9.17, 15) is 9.90 Å². The standard InChI is InChI=1S/C14H17ClO3/c1-9(10-5-12(16)8-13(17)6-10)18-14-4-2-3-11(15)7-14/h2-4,7,9-10,12,16H,5-6,8H2,1H3. The molecule has 0 heterocycles. The van der Waals surface area contributed by atoms with Crippen molar-refractivity contribution in [2.24, 2.45) is 5.92 Å². The van der Waals surface area contributed by atoms with Gasteiger partial charge >= 0.3 is 0 Å². The van der Waals surface area contributed by atoms with Gasteiger partial charge in [0.05, 0.1) is 12.2 Å². The largest absolute Gasteiger partial charge is 0.490 e. The summed E-state index contributed by atoms with van der Waals surface area (Å²) in [5.74, 6) is 0.878. The minimum Gasteiger partial charge on any atom is -0.490 e. The summed E-state index contributed by atoms with van der Waals surface area (Å²) in [5, 5.41) is 10.2. The van der Waals surface area contributed by atoms with Gasteiger partial charge in [-0.3, -0.25) is 4.79 Å². The number of ether oxygens (including phenoxy) is 1. The summed E-state index contributed by atoms with van der Waals surface area (Å²) in [7, 11) is 0. The van der Waals surface area contributed by atoms with Crippen LogP contribution in [0.5, 0.6) is 5.75 Å². The van der Waals surface area contributed by atoms with Crippen molar-refractivity contribution in [2.45, 2.75) is 38.4 Å². The number of aliphatic hydroxyl groups excluding tert-OH is 1. The second-order valence-corrected chi connectivity index (χ2v) is 5.31. The number of carbonyl (C=O) groups excluding carboxylic acids is 1. The Morgan fingerprint density at radius 3 is 2.89 bits per heavy atom. The number of halogens is 1. The number of benzene rings is 1. The first-order valence-electron chi connectivity index (χ1n) is 6.16. The summed E-state index contributed by atoms with van der Waals surface area (Å²) >= 11 is 5.89. The van der Waals surface area contributed by atoms with Crippen LogP contribution in [0.1, 0.15) is 26.2 Å². The van der Waals surface area contributed by atoms with Crippen LogP contribution < -0.4 is 4.74 Å². The molecule has 2 rings (SSSR count). The van der Waals surface area contributed by atoms with Gasteiger partial charge in [-0.25, -0.2) is 0 Å². The monoisotopic (exact) mass is 268 g/mol. The normalized spacial score (nSPS) is 25.8. The van der Waals surface area contributed by atoms with Crippen molar-refractivity contribution in [2.75, 3.05) is 0 Å². The summed E-state index contributed by atoms with van der Waals surface area (Å²) < 4.78 is 5.78. The van der Waals surface area contributed by atoms with Crippen LogP contribution in [0.4, 0.5) is 0 Å². The number of aliphatic hydroxyl groups is 1. The molecule has 1 aromatic carbocycles. The molecule has 0 spiro atoms. The van der Waals surface area contributed by atoms with Crippen LogP contribution >= 0.6 is 11.6 Å². The molecule has 0 saturated heterocycles. The average molecular weight is 269 g/mol. The summed E-state index contributed by atoms with van der Waals surface area (Å²) in [5.41, 5.74) is 0. The van der Waals surface area contributed by atoms with Gasteiger partial charge in [-0.15, -0.1) is 0 Å². The van der Waals surface area contributed by atoms with Crippen molar-refractivity contribution in [3.8, 4) is 5.75 Å². The Hall–Kier alpha value is -1.06. The second kappa shape index (κ2) is 5.72. The smallest absolute Gasteiger partial charge is 0.135 e. The minimum absolute atomic E-state index is 0.0697. The highest BCUT2D eigenvalue weighted by atomic mass is 35.5. The van der Waals surface area contributed by atoms with Gasteiger partial charge in [-0.1, -0.05) is 17.7 Å². The molecule has 0 amide bonds. The van der Waals surface area contributed by atoms with Crippen molar-refractivity contribution in [1.82, 2.24) is 0 Å². The molecule has 3 atom stereocenters. The Bertz CT molecular complexity index is 433. The number of rotatable bonds is 3. The summed E-state index contributed by atoms with van der Waals surface area (Å²) in [4.78, 5) is 11.5. The Balaban J connectivity index is 1.99. The van der Waals surface area contributed by atoms with Gasteiger partial charge in [0.25, 0.3) is 0 Å². The van der Waals surface area contributed by atoms with Crippen LogP contribution in [0.2, 0.25) is 5.02 Å². The first-order chi connectivity index (χ1) is 8.54. The van der Waals surface area contributed by atoms with E-state index < -0.39 is 6.10 Å². The molecule has 1 aromatic rings. The van der Waals surface area contributed by atoms with Crippen LogP contribution in [0.25, 0.3) is 0 Å². The second-order valence-electron chi connectivity index (χ2n) is 4.88. The predicted octanol–water partition coefficient (Wildman–Crippen LogP) is 2.84.